The molecule has 536 valence electrons. The first-order valence-corrected chi connectivity index (χ1v) is 41.6. The molecule has 26 heteroatoms. The maximum absolute atomic E-state index is 13.8. The van der Waals surface area contributed by atoms with Gasteiger partial charge in [-0.1, -0.05) is 73.5 Å². The zero-order valence-electron chi connectivity index (χ0n) is 57.2. The van der Waals surface area contributed by atoms with Gasteiger partial charge in [-0.3, -0.25) is 18.0 Å². The Morgan fingerprint density at radius 3 is 1.34 bits per heavy atom. The highest BCUT2D eigenvalue weighted by atomic mass is 35.5. The summed E-state index contributed by atoms with van der Waals surface area (Å²) in [6, 6.07) is 22.5. The number of fused-ring (bicyclic) bond motifs is 8. The van der Waals surface area contributed by atoms with Crippen molar-refractivity contribution in [2.24, 2.45) is 35.5 Å². The van der Waals surface area contributed by atoms with E-state index in [0.29, 0.717) is 72.5 Å². The lowest BCUT2D eigenvalue weighted by molar-refractivity contribution is -0.0623. The molecule has 0 unspecified atom stereocenters. The molecule has 20 nitrogen and oxygen atoms in total. The third kappa shape index (κ3) is 16.1. The van der Waals surface area contributed by atoms with Crippen LogP contribution in [0.1, 0.15) is 148 Å². The Hall–Kier alpha value is -5.28. The summed E-state index contributed by atoms with van der Waals surface area (Å²) in [5.41, 5.74) is 5.07. The van der Waals surface area contributed by atoms with Gasteiger partial charge in [0.1, 0.15) is 11.5 Å². The maximum Gasteiger partial charge on any atom is 0.264 e. The molecule has 0 radical (unpaired) electrons. The molecule has 8 aliphatic rings. The molecule has 4 heterocycles. The third-order valence-corrected chi connectivity index (χ3v) is 28.1. The van der Waals surface area contributed by atoms with Crippen LogP contribution in [0.3, 0.4) is 0 Å². The standard InChI is InChI=1S/2C36H47ClN2O8S2/c2*1-24-7-5-16-35(2,45-3)29-12-9-27(29)21-39-22-36(17-6-8-25-19-28(37)11-13-30(25)36)23-46-32-14-10-26(20-31(32)39)34(40)38-49(43,44)33(24)15-18-47-48(4,41)42/h2*5,10-11,13-14,16,19-20,24,27,29,33H,6-9,12,15,17-18,21-23H2,1-4H3,(H,38,40)/b2*16-5+/t24-,27-,29+,33+,35+,36-;24-,27-,29+,33+,35-,36-/m00/s1. The fourth-order valence-electron chi connectivity index (χ4n) is 16.8. The van der Waals surface area contributed by atoms with Crippen LogP contribution in [-0.4, -0.2) is 147 Å². The van der Waals surface area contributed by atoms with E-state index >= 15 is 0 Å². The molecule has 4 aromatic rings. The van der Waals surface area contributed by atoms with Crippen molar-refractivity contribution in [1.29, 1.82) is 0 Å². The number of hydrogen-bond acceptors (Lipinski definition) is 18. The number of nitrogens with zero attached hydrogens (tertiary/aromatic N) is 2. The molecule has 2 saturated carbocycles. The number of carbonyl (C=O) groups excluding carboxylic acids is 2. The van der Waals surface area contributed by atoms with Crippen molar-refractivity contribution >= 4 is 86.7 Å². The number of rotatable bonds is 10. The van der Waals surface area contributed by atoms with Crippen molar-refractivity contribution in [1.82, 2.24) is 9.44 Å². The number of benzene rings is 4. The van der Waals surface area contributed by atoms with E-state index in [0.717, 1.165) is 101 Å². The number of methoxy groups -OCH3 is 2. The molecular formula is C72H94Cl2N4O16S4. The average Bonchev–Trinajstić information content (AvgIpc) is 1.45. The summed E-state index contributed by atoms with van der Waals surface area (Å²) in [7, 11) is -12.6. The minimum atomic E-state index is -4.25. The highest BCUT2D eigenvalue weighted by molar-refractivity contribution is 7.91. The first kappa shape index (κ1) is 73.9. The van der Waals surface area contributed by atoms with Crippen LogP contribution >= 0.6 is 23.2 Å². The van der Waals surface area contributed by atoms with Crippen LogP contribution in [0.15, 0.2) is 97.1 Å². The number of aryl methyl sites for hydroxylation is 2. The van der Waals surface area contributed by atoms with Gasteiger partial charge in [-0.15, -0.1) is 0 Å². The van der Waals surface area contributed by atoms with Crippen molar-refractivity contribution in [3.63, 3.8) is 0 Å². The van der Waals surface area contributed by atoms with Crippen LogP contribution in [0.2, 0.25) is 10.0 Å². The van der Waals surface area contributed by atoms with E-state index in [2.05, 4.69) is 57.4 Å². The number of anilines is 2. The minimum absolute atomic E-state index is 0.114. The summed E-state index contributed by atoms with van der Waals surface area (Å²) in [4.78, 5) is 32.1. The minimum Gasteiger partial charge on any atom is -0.490 e. The molecule has 4 aliphatic heterocycles. The molecule has 4 aliphatic carbocycles. The number of hydrogen-bond donors (Lipinski definition) is 2. The zero-order chi connectivity index (χ0) is 70.4. The molecular weight excluding hydrogens is 1380 g/mol. The van der Waals surface area contributed by atoms with Gasteiger partial charge in [0.05, 0.1) is 72.0 Å². The maximum atomic E-state index is 13.8. The number of carbonyl (C=O) groups is 2. The van der Waals surface area contributed by atoms with Gasteiger partial charge in [0.15, 0.2) is 0 Å². The summed E-state index contributed by atoms with van der Waals surface area (Å²) < 4.78 is 142. The van der Waals surface area contributed by atoms with Crippen LogP contribution in [0.4, 0.5) is 11.4 Å². The fourth-order valence-corrected chi connectivity index (χ4v) is 21.3. The number of ether oxygens (including phenoxy) is 4. The van der Waals surface area contributed by atoms with Crippen LogP contribution in [0.25, 0.3) is 0 Å². The molecule has 2 fully saturated rings. The smallest absolute Gasteiger partial charge is 0.264 e. The van der Waals surface area contributed by atoms with Gasteiger partial charge in [0.25, 0.3) is 32.1 Å². The van der Waals surface area contributed by atoms with Crippen molar-refractivity contribution in [3.05, 3.63) is 141 Å². The molecule has 98 heavy (non-hydrogen) atoms. The first-order valence-electron chi connectivity index (χ1n) is 34.1. The van der Waals surface area contributed by atoms with Crippen molar-refractivity contribution < 1.29 is 70.6 Å². The highest BCUT2D eigenvalue weighted by Crippen LogP contribution is 2.52. The van der Waals surface area contributed by atoms with Gasteiger partial charge < -0.3 is 28.7 Å². The summed E-state index contributed by atoms with van der Waals surface area (Å²) in [5.74, 6) is -0.105. The van der Waals surface area contributed by atoms with Crippen molar-refractivity contribution in [2.45, 2.75) is 150 Å². The van der Waals surface area contributed by atoms with Gasteiger partial charge in [0.2, 0.25) is 20.0 Å². The van der Waals surface area contributed by atoms with E-state index in [-0.39, 0.29) is 59.8 Å². The molecule has 4 aromatic carbocycles. The predicted molar refractivity (Wildman–Crippen MR) is 381 cm³/mol. The third-order valence-electron chi connectivity index (χ3n) is 22.5. The SMILES string of the molecule is CO[C@@]1(C)/C=C/C[C@H](C)[C@@H](CCOS(C)(=O)=O)S(=O)(=O)NC(=O)c2ccc3c(c2)N(C[C@@H]2CC[C@H]21)C[C@@]1(CCCc2cc(Cl)ccc21)CO3.CO[C@]1(C)/C=C/C[C@H](C)[C@@H](CCOS(C)(=O)=O)S(=O)(=O)NC(=O)c2ccc3c(c2)N(C[C@@H]2CC[C@H]21)C[C@@]1(CCCc2cc(Cl)ccc21)CO3. The number of nitrogens with one attached hydrogen (secondary N) is 2. The topological polar surface area (TPSA) is 257 Å². The van der Waals surface area contributed by atoms with E-state index in [1.165, 1.54) is 22.3 Å². The number of allylic oxidation sites excluding steroid dienone is 2. The highest BCUT2D eigenvalue weighted by Gasteiger charge is 2.50. The molecule has 2 N–H and O–H groups in total. The molecule has 2 amide bonds. The van der Waals surface area contributed by atoms with E-state index in [4.69, 9.17) is 50.5 Å². The lowest BCUT2D eigenvalue weighted by Gasteiger charge is -2.49. The Balaban J connectivity index is 0.000000198. The molecule has 2 spiro atoms. The summed E-state index contributed by atoms with van der Waals surface area (Å²) in [6.45, 7) is 10.8. The average molecular weight is 1470 g/mol. The lowest BCUT2D eigenvalue weighted by atomic mass is 9.64. The zero-order valence-corrected chi connectivity index (χ0v) is 62.0. The Kier molecular flexibility index (Phi) is 22.0. The number of halogens is 2. The lowest BCUT2D eigenvalue weighted by Crippen LogP contribution is -2.52. The van der Waals surface area contributed by atoms with Gasteiger partial charge in [-0.2, -0.15) is 16.8 Å². The Morgan fingerprint density at radius 2 is 0.980 bits per heavy atom. The largest absolute Gasteiger partial charge is 0.490 e. The molecule has 0 aromatic heterocycles. The Bertz CT molecular complexity index is 3930. The van der Waals surface area contributed by atoms with E-state index in [1.54, 1.807) is 64.5 Å². The van der Waals surface area contributed by atoms with Gasteiger partial charge in [-0.05, 0) is 222 Å². The number of sulfonamides is 2. The van der Waals surface area contributed by atoms with E-state index in [1.807, 2.05) is 36.4 Å². The second-order valence-electron chi connectivity index (χ2n) is 29.1. The quantitative estimate of drug-likeness (QED) is 0.110. The fraction of sp³-hybridized carbons (Fsp3) is 0.583. The van der Waals surface area contributed by atoms with Crippen LogP contribution in [0.5, 0.6) is 11.5 Å². The Labute approximate surface area is 589 Å². The van der Waals surface area contributed by atoms with Crippen LogP contribution in [-0.2, 0) is 81.8 Å². The monoisotopic (exact) mass is 1470 g/mol. The van der Waals surface area contributed by atoms with Crippen LogP contribution < -0.4 is 28.7 Å². The van der Waals surface area contributed by atoms with Crippen molar-refractivity contribution in [3.8, 4) is 11.5 Å². The molecule has 0 saturated heterocycles. The Morgan fingerprint density at radius 1 is 0.582 bits per heavy atom. The molecule has 12 rings (SSSR count). The van der Waals surface area contributed by atoms with Gasteiger partial charge >= 0.3 is 0 Å². The van der Waals surface area contributed by atoms with Crippen molar-refractivity contribution in [2.75, 3.05) is 89.1 Å². The predicted octanol–water partition coefficient (Wildman–Crippen LogP) is 11.3. The van der Waals surface area contributed by atoms with E-state index < -0.39 is 85.6 Å². The molecule has 4 bridgehead atoms. The summed E-state index contributed by atoms with van der Waals surface area (Å²) in [6.07, 6.45) is 20.2. The summed E-state index contributed by atoms with van der Waals surface area (Å²) >= 11 is 12.9. The number of amides is 2. The van der Waals surface area contributed by atoms with E-state index in [9.17, 15) is 43.3 Å². The second kappa shape index (κ2) is 29.2. The molecule has 12 atom stereocenters. The van der Waals surface area contributed by atoms with Crippen LogP contribution in [0, 0.1) is 35.5 Å². The van der Waals surface area contributed by atoms with Gasteiger partial charge in [0, 0.05) is 72.4 Å². The summed E-state index contributed by atoms with van der Waals surface area (Å²) in [5, 5.41) is -0.760. The first-order chi connectivity index (χ1) is 46.3. The van der Waals surface area contributed by atoms with Gasteiger partial charge in [-0.25, -0.2) is 26.3 Å². The second-order valence-corrected chi connectivity index (χ2v) is 37.1. The normalized spacial score (nSPS) is 32.1.